The third kappa shape index (κ3) is 3.26. The molecule has 1 N–H and O–H groups in total. The fraction of sp³-hybridized carbons (Fsp3) is 0.200. The number of carbonyl (C=O) groups excluding carboxylic acids is 1. The molecule has 0 saturated carbocycles. The van der Waals surface area contributed by atoms with Gasteiger partial charge < -0.3 is 14.8 Å². The number of carbonyl (C=O) groups is 1. The summed E-state index contributed by atoms with van der Waals surface area (Å²) in [6, 6.07) is 16.8. The van der Waals surface area contributed by atoms with Gasteiger partial charge in [-0.2, -0.15) is 5.10 Å². The molecule has 3 aromatic rings. The van der Waals surface area contributed by atoms with Crippen LogP contribution >= 0.6 is 0 Å². The number of para-hydroxylation sites is 2. The second-order valence-corrected chi connectivity index (χ2v) is 6.14. The van der Waals surface area contributed by atoms with Gasteiger partial charge in [-0.1, -0.05) is 12.1 Å². The maximum absolute atomic E-state index is 12.4. The highest BCUT2D eigenvalue weighted by atomic mass is 16.6. The van der Waals surface area contributed by atoms with Crippen LogP contribution in [0.25, 0.3) is 5.69 Å². The Hall–Kier alpha value is -3.28. The predicted octanol–water partition coefficient (Wildman–Crippen LogP) is 2.75. The monoisotopic (exact) mass is 349 g/mol. The molecule has 0 saturated heterocycles. The third-order valence-electron chi connectivity index (χ3n) is 4.26. The average Bonchev–Trinajstić information content (AvgIpc) is 3.12. The van der Waals surface area contributed by atoms with Crippen LogP contribution in [-0.4, -0.2) is 34.9 Å². The number of rotatable bonds is 4. The number of nitrogens with zero attached hydrogens (tertiary/aromatic N) is 2. The molecule has 6 nitrogen and oxygen atoms in total. The topological polar surface area (TPSA) is 65.4 Å². The van der Waals surface area contributed by atoms with E-state index < -0.39 is 0 Å². The van der Waals surface area contributed by atoms with Crippen LogP contribution in [0, 0.1) is 6.92 Å². The molecule has 6 heteroatoms. The van der Waals surface area contributed by atoms with Gasteiger partial charge in [0.15, 0.2) is 11.5 Å². The molecule has 0 radical (unpaired) electrons. The molecule has 0 fully saturated rings. The first kappa shape index (κ1) is 16.2. The van der Waals surface area contributed by atoms with Gasteiger partial charge in [-0.3, -0.25) is 4.79 Å². The first-order valence-electron chi connectivity index (χ1n) is 8.48. The van der Waals surface area contributed by atoms with Crippen molar-refractivity contribution in [2.24, 2.45) is 0 Å². The number of aromatic nitrogens is 2. The standard InChI is InChI=1S/C20H19N3O3/c1-14-10-11-22-23(14)16-8-6-15(7-9-16)20(24)21-12-17-13-25-18-4-2-3-5-19(18)26-17/h2-11,17H,12-13H2,1H3,(H,21,24). The maximum atomic E-state index is 12.4. The van der Waals surface area contributed by atoms with Crippen LogP contribution in [0.3, 0.4) is 0 Å². The molecule has 1 aromatic heterocycles. The average molecular weight is 349 g/mol. The van der Waals surface area contributed by atoms with Crippen LogP contribution in [0.4, 0.5) is 0 Å². The lowest BCUT2D eigenvalue weighted by molar-refractivity contribution is 0.0789. The largest absolute Gasteiger partial charge is 0.486 e. The fourth-order valence-electron chi connectivity index (χ4n) is 2.87. The first-order chi connectivity index (χ1) is 12.7. The van der Waals surface area contributed by atoms with E-state index in [9.17, 15) is 4.79 Å². The molecule has 1 amide bonds. The van der Waals surface area contributed by atoms with Crippen LogP contribution in [0.2, 0.25) is 0 Å². The Morgan fingerprint density at radius 3 is 2.65 bits per heavy atom. The number of ether oxygens (including phenoxy) is 2. The van der Waals surface area contributed by atoms with E-state index in [4.69, 9.17) is 9.47 Å². The van der Waals surface area contributed by atoms with Gasteiger partial charge in [0, 0.05) is 17.5 Å². The minimum Gasteiger partial charge on any atom is -0.486 e. The predicted molar refractivity (Wildman–Crippen MR) is 97.0 cm³/mol. The van der Waals surface area contributed by atoms with Gasteiger partial charge in [0.25, 0.3) is 5.91 Å². The van der Waals surface area contributed by atoms with Crippen molar-refractivity contribution in [2.75, 3.05) is 13.2 Å². The quantitative estimate of drug-likeness (QED) is 0.787. The molecule has 132 valence electrons. The lowest BCUT2D eigenvalue weighted by atomic mass is 10.2. The third-order valence-corrected chi connectivity index (χ3v) is 4.26. The fourth-order valence-corrected chi connectivity index (χ4v) is 2.87. The zero-order valence-corrected chi connectivity index (χ0v) is 14.4. The van der Waals surface area contributed by atoms with E-state index in [1.165, 1.54) is 0 Å². The lowest BCUT2D eigenvalue weighted by Gasteiger charge is -2.26. The van der Waals surface area contributed by atoms with Crippen LogP contribution in [0.15, 0.2) is 60.8 Å². The van der Waals surface area contributed by atoms with Gasteiger partial charge in [0.1, 0.15) is 12.7 Å². The van der Waals surface area contributed by atoms with Crippen molar-refractivity contribution < 1.29 is 14.3 Å². The Balaban J connectivity index is 1.36. The van der Waals surface area contributed by atoms with Crippen LogP contribution in [-0.2, 0) is 0 Å². The van der Waals surface area contributed by atoms with E-state index >= 15 is 0 Å². The molecule has 26 heavy (non-hydrogen) atoms. The van der Waals surface area contributed by atoms with E-state index in [1.54, 1.807) is 18.3 Å². The van der Waals surface area contributed by atoms with E-state index in [0.717, 1.165) is 17.1 Å². The molecule has 2 heterocycles. The van der Waals surface area contributed by atoms with E-state index in [1.807, 2.05) is 54.1 Å². The van der Waals surface area contributed by atoms with Crippen LogP contribution in [0.5, 0.6) is 11.5 Å². The maximum Gasteiger partial charge on any atom is 0.251 e. The summed E-state index contributed by atoms with van der Waals surface area (Å²) >= 11 is 0. The number of aryl methyl sites for hydroxylation is 1. The second-order valence-electron chi connectivity index (χ2n) is 6.14. The van der Waals surface area contributed by atoms with Crippen molar-refractivity contribution >= 4 is 5.91 Å². The molecule has 4 rings (SSSR count). The Labute approximate surface area is 151 Å². The number of fused-ring (bicyclic) bond motifs is 1. The van der Waals surface area contributed by atoms with E-state index in [2.05, 4.69) is 10.4 Å². The van der Waals surface area contributed by atoms with Gasteiger partial charge in [0.05, 0.1) is 12.2 Å². The van der Waals surface area contributed by atoms with Crippen molar-refractivity contribution in [2.45, 2.75) is 13.0 Å². The van der Waals surface area contributed by atoms with Gasteiger partial charge in [-0.05, 0) is 49.4 Å². The summed E-state index contributed by atoms with van der Waals surface area (Å²) in [5.41, 5.74) is 2.55. The molecule has 2 aromatic carbocycles. The summed E-state index contributed by atoms with van der Waals surface area (Å²) in [5, 5.41) is 7.16. The highest BCUT2D eigenvalue weighted by Crippen LogP contribution is 2.30. The van der Waals surface area contributed by atoms with E-state index in [0.29, 0.717) is 24.5 Å². The summed E-state index contributed by atoms with van der Waals surface area (Å²) in [7, 11) is 0. The smallest absolute Gasteiger partial charge is 0.251 e. The SMILES string of the molecule is Cc1ccnn1-c1ccc(C(=O)NCC2COc3ccccc3O2)cc1. The first-order valence-corrected chi connectivity index (χ1v) is 8.48. The second kappa shape index (κ2) is 6.92. The Morgan fingerprint density at radius 1 is 1.15 bits per heavy atom. The number of hydrogen-bond donors (Lipinski definition) is 1. The van der Waals surface area contributed by atoms with Gasteiger partial charge in [-0.25, -0.2) is 4.68 Å². The molecular formula is C20H19N3O3. The molecular weight excluding hydrogens is 330 g/mol. The van der Waals surface area contributed by atoms with Crippen molar-refractivity contribution in [1.29, 1.82) is 0 Å². The Kier molecular flexibility index (Phi) is 4.31. The number of amides is 1. The molecule has 1 unspecified atom stereocenters. The van der Waals surface area contributed by atoms with Crippen molar-refractivity contribution in [1.82, 2.24) is 15.1 Å². The van der Waals surface area contributed by atoms with Crippen molar-refractivity contribution in [3.63, 3.8) is 0 Å². The summed E-state index contributed by atoms with van der Waals surface area (Å²) in [5.74, 6) is 1.30. The molecule has 1 atom stereocenters. The number of hydrogen-bond acceptors (Lipinski definition) is 4. The van der Waals surface area contributed by atoms with Crippen LogP contribution < -0.4 is 14.8 Å². The Bertz CT molecular complexity index is 918. The molecule has 0 bridgehead atoms. The van der Waals surface area contributed by atoms with Gasteiger partial charge >= 0.3 is 0 Å². The summed E-state index contributed by atoms with van der Waals surface area (Å²) in [4.78, 5) is 12.4. The highest BCUT2D eigenvalue weighted by molar-refractivity contribution is 5.94. The van der Waals surface area contributed by atoms with Gasteiger partial charge in [0.2, 0.25) is 0 Å². The van der Waals surface area contributed by atoms with Gasteiger partial charge in [-0.15, -0.1) is 0 Å². The zero-order valence-electron chi connectivity index (χ0n) is 14.4. The molecule has 0 spiro atoms. The summed E-state index contributed by atoms with van der Waals surface area (Å²) in [6.07, 6.45) is 1.54. The van der Waals surface area contributed by atoms with Crippen molar-refractivity contribution in [3.8, 4) is 17.2 Å². The number of benzene rings is 2. The minimum absolute atomic E-state index is 0.142. The molecule has 0 aliphatic carbocycles. The lowest BCUT2D eigenvalue weighted by Crippen LogP contribution is -2.40. The highest BCUT2D eigenvalue weighted by Gasteiger charge is 2.21. The Morgan fingerprint density at radius 2 is 1.92 bits per heavy atom. The minimum atomic E-state index is -0.208. The summed E-state index contributed by atoms with van der Waals surface area (Å²) in [6.45, 7) is 2.78. The zero-order chi connectivity index (χ0) is 17.9. The molecule has 1 aliphatic rings. The molecule has 1 aliphatic heterocycles. The van der Waals surface area contributed by atoms with Crippen LogP contribution in [0.1, 0.15) is 16.1 Å². The van der Waals surface area contributed by atoms with E-state index in [-0.39, 0.29) is 12.0 Å². The van der Waals surface area contributed by atoms with Crippen molar-refractivity contribution in [3.05, 3.63) is 72.1 Å². The summed E-state index contributed by atoms with van der Waals surface area (Å²) < 4.78 is 13.3. The normalized spacial score (nSPS) is 15.5. The number of nitrogens with one attached hydrogen (secondary N) is 1.